The summed E-state index contributed by atoms with van der Waals surface area (Å²) in [5.41, 5.74) is -0.676. The van der Waals surface area contributed by atoms with Gasteiger partial charge in [-0.15, -0.1) is 0 Å². The van der Waals surface area contributed by atoms with Crippen LogP contribution in [0.1, 0.15) is 44.3 Å². The SMILES string of the molecule is CCc1noc(CN2C(=O)NC3(CCCC3)C2=O)n1. The lowest BCUT2D eigenvalue weighted by Crippen LogP contribution is -2.44. The smallest absolute Gasteiger partial charge is 0.325 e. The first kappa shape index (κ1) is 12.1. The molecule has 1 aromatic rings. The van der Waals surface area contributed by atoms with Crippen molar-refractivity contribution in [2.45, 2.75) is 51.1 Å². The normalized spacial score (nSPS) is 21.4. The molecule has 1 N–H and O–H groups in total. The molecule has 1 aliphatic heterocycles. The zero-order valence-corrected chi connectivity index (χ0v) is 10.8. The highest BCUT2D eigenvalue weighted by atomic mass is 16.5. The lowest BCUT2D eigenvalue weighted by atomic mass is 9.98. The Hall–Kier alpha value is -1.92. The van der Waals surface area contributed by atoms with E-state index < -0.39 is 5.54 Å². The van der Waals surface area contributed by atoms with Crippen molar-refractivity contribution in [1.29, 1.82) is 0 Å². The Morgan fingerprint density at radius 3 is 2.74 bits per heavy atom. The van der Waals surface area contributed by atoms with Gasteiger partial charge in [0, 0.05) is 6.42 Å². The molecule has 0 atom stereocenters. The van der Waals surface area contributed by atoms with Crippen LogP contribution in [0.2, 0.25) is 0 Å². The van der Waals surface area contributed by atoms with Gasteiger partial charge < -0.3 is 9.84 Å². The highest BCUT2D eigenvalue weighted by Gasteiger charge is 2.52. The van der Waals surface area contributed by atoms with Crippen molar-refractivity contribution < 1.29 is 14.1 Å². The third-order valence-electron chi connectivity index (χ3n) is 3.82. The zero-order valence-electron chi connectivity index (χ0n) is 10.8. The van der Waals surface area contributed by atoms with Gasteiger partial charge in [-0.1, -0.05) is 24.9 Å². The van der Waals surface area contributed by atoms with Crippen molar-refractivity contribution >= 4 is 11.9 Å². The van der Waals surface area contributed by atoms with Gasteiger partial charge in [0.1, 0.15) is 12.1 Å². The molecule has 1 aromatic heterocycles. The number of hydrogen-bond acceptors (Lipinski definition) is 5. The Morgan fingerprint density at radius 1 is 1.37 bits per heavy atom. The number of nitrogens with zero attached hydrogens (tertiary/aromatic N) is 3. The van der Waals surface area contributed by atoms with Crippen LogP contribution in [0.5, 0.6) is 0 Å². The molecule has 2 fully saturated rings. The number of carbonyl (C=O) groups excluding carboxylic acids is 2. The summed E-state index contributed by atoms with van der Waals surface area (Å²) in [6.07, 6.45) is 4.05. The maximum Gasteiger partial charge on any atom is 0.325 e. The van der Waals surface area contributed by atoms with Gasteiger partial charge in [-0.3, -0.25) is 9.69 Å². The number of aromatic nitrogens is 2. The monoisotopic (exact) mass is 264 g/mol. The number of rotatable bonds is 3. The fourth-order valence-electron chi connectivity index (χ4n) is 2.77. The maximum atomic E-state index is 12.4. The van der Waals surface area contributed by atoms with Crippen LogP contribution >= 0.6 is 0 Å². The lowest BCUT2D eigenvalue weighted by molar-refractivity contribution is -0.131. The van der Waals surface area contributed by atoms with Crippen LogP contribution < -0.4 is 5.32 Å². The van der Waals surface area contributed by atoms with E-state index in [1.54, 1.807) is 0 Å². The molecule has 0 bridgehead atoms. The van der Waals surface area contributed by atoms with Gasteiger partial charge in [0.05, 0.1) is 0 Å². The first-order chi connectivity index (χ1) is 9.14. The molecule has 0 aromatic carbocycles. The molecule has 7 nitrogen and oxygen atoms in total. The quantitative estimate of drug-likeness (QED) is 0.823. The second-order valence-corrected chi connectivity index (χ2v) is 5.07. The topological polar surface area (TPSA) is 88.3 Å². The van der Waals surface area contributed by atoms with Gasteiger partial charge in [0.2, 0.25) is 5.89 Å². The second-order valence-electron chi connectivity index (χ2n) is 5.07. The number of hydrogen-bond donors (Lipinski definition) is 1. The predicted octanol–water partition coefficient (Wildman–Crippen LogP) is 0.997. The summed E-state index contributed by atoms with van der Waals surface area (Å²) in [6, 6.07) is -0.358. The van der Waals surface area contributed by atoms with Crippen molar-refractivity contribution in [3.8, 4) is 0 Å². The zero-order chi connectivity index (χ0) is 13.5. The molecular formula is C12H16N4O3. The van der Waals surface area contributed by atoms with Crippen LogP contribution in [0.4, 0.5) is 4.79 Å². The Balaban J connectivity index is 1.77. The van der Waals surface area contributed by atoms with Crippen LogP contribution in [0, 0.1) is 0 Å². The second kappa shape index (κ2) is 4.32. The van der Waals surface area contributed by atoms with E-state index in [-0.39, 0.29) is 18.5 Å². The maximum absolute atomic E-state index is 12.4. The Labute approximate surface area is 110 Å². The molecule has 1 saturated heterocycles. The minimum Gasteiger partial charge on any atom is -0.337 e. The van der Waals surface area contributed by atoms with E-state index in [4.69, 9.17) is 4.52 Å². The summed E-state index contributed by atoms with van der Waals surface area (Å²) >= 11 is 0. The predicted molar refractivity (Wildman–Crippen MR) is 64.0 cm³/mol. The first-order valence-electron chi connectivity index (χ1n) is 6.60. The molecule has 1 saturated carbocycles. The largest absolute Gasteiger partial charge is 0.337 e. The fraction of sp³-hybridized carbons (Fsp3) is 0.667. The number of urea groups is 1. The minimum absolute atomic E-state index is 0.0550. The summed E-state index contributed by atoms with van der Waals surface area (Å²) in [7, 11) is 0. The van der Waals surface area contributed by atoms with E-state index in [2.05, 4.69) is 15.5 Å². The number of nitrogens with one attached hydrogen (secondary N) is 1. The van der Waals surface area contributed by atoms with Crippen LogP contribution in [0.25, 0.3) is 0 Å². The number of carbonyl (C=O) groups is 2. The van der Waals surface area contributed by atoms with E-state index in [1.165, 1.54) is 4.90 Å². The molecule has 1 spiro atoms. The van der Waals surface area contributed by atoms with Gasteiger partial charge in [-0.2, -0.15) is 4.98 Å². The third kappa shape index (κ3) is 1.89. The molecule has 19 heavy (non-hydrogen) atoms. The first-order valence-corrected chi connectivity index (χ1v) is 6.60. The molecule has 0 unspecified atom stereocenters. The fourth-order valence-corrected chi connectivity index (χ4v) is 2.77. The average molecular weight is 264 g/mol. The Morgan fingerprint density at radius 2 is 2.11 bits per heavy atom. The van der Waals surface area contributed by atoms with Gasteiger partial charge in [-0.25, -0.2) is 4.79 Å². The Bertz CT molecular complexity index is 519. The summed E-state index contributed by atoms with van der Waals surface area (Å²) in [6.45, 7) is 1.97. The molecule has 3 rings (SSSR count). The van der Waals surface area contributed by atoms with Crippen molar-refractivity contribution in [3.63, 3.8) is 0 Å². The van der Waals surface area contributed by atoms with Gasteiger partial charge in [-0.05, 0) is 12.8 Å². The van der Waals surface area contributed by atoms with Crippen molar-refractivity contribution in [2.24, 2.45) is 0 Å². The molecule has 2 heterocycles. The lowest BCUT2D eigenvalue weighted by Gasteiger charge is -2.19. The van der Waals surface area contributed by atoms with Crippen LogP contribution in [0.15, 0.2) is 4.52 Å². The van der Waals surface area contributed by atoms with Crippen molar-refractivity contribution in [1.82, 2.24) is 20.4 Å². The van der Waals surface area contributed by atoms with E-state index in [0.29, 0.717) is 18.1 Å². The van der Waals surface area contributed by atoms with Gasteiger partial charge in [0.25, 0.3) is 5.91 Å². The number of amides is 3. The van der Waals surface area contributed by atoms with Crippen molar-refractivity contribution in [3.05, 3.63) is 11.7 Å². The number of imide groups is 1. The molecule has 7 heteroatoms. The van der Waals surface area contributed by atoms with E-state index in [9.17, 15) is 9.59 Å². The summed E-state index contributed by atoms with van der Waals surface area (Å²) in [5, 5.41) is 6.58. The average Bonchev–Trinajstić information content (AvgIpc) is 3.08. The Kier molecular flexibility index (Phi) is 2.76. The molecule has 102 valence electrons. The molecule has 2 aliphatic rings. The van der Waals surface area contributed by atoms with E-state index in [0.717, 1.165) is 25.7 Å². The van der Waals surface area contributed by atoms with Crippen LogP contribution in [0.3, 0.4) is 0 Å². The van der Waals surface area contributed by atoms with Gasteiger partial charge >= 0.3 is 6.03 Å². The van der Waals surface area contributed by atoms with E-state index in [1.807, 2.05) is 6.92 Å². The minimum atomic E-state index is -0.676. The summed E-state index contributed by atoms with van der Waals surface area (Å²) in [5.74, 6) is 0.722. The third-order valence-corrected chi connectivity index (χ3v) is 3.82. The van der Waals surface area contributed by atoms with Crippen LogP contribution in [-0.2, 0) is 17.8 Å². The van der Waals surface area contributed by atoms with Gasteiger partial charge in [0.15, 0.2) is 5.82 Å². The van der Waals surface area contributed by atoms with Crippen molar-refractivity contribution in [2.75, 3.05) is 0 Å². The molecule has 3 amide bonds. The molecular weight excluding hydrogens is 248 g/mol. The highest BCUT2D eigenvalue weighted by molar-refractivity contribution is 6.07. The summed E-state index contributed by atoms with van der Waals surface area (Å²) in [4.78, 5) is 29.6. The van der Waals surface area contributed by atoms with E-state index >= 15 is 0 Å². The highest BCUT2D eigenvalue weighted by Crippen LogP contribution is 2.35. The summed E-state index contributed by atoms with van der Waals surface area (Å²) < 4.78 is 5.03. The molecule has 0 radical (unpaired) electrons. The van der Waals surface area contributed by atoms with Crippen LogP contribution in [-0.4, -0.2) is 32.5 Å². The standard InChI is InChI=1S/C12H16N4O3/c1-2-8-13-9(19-15-8)7-16-10(17)12(14-11(16)18)5-3-4-6-12/h2-7H2,1H3,(H,14,18). The number of aryl methyl sites for hydroxylation is 1. The molecule has 1 aliphatic carbocycles.